The van der Waals surface area contributed by atoms with Gasteiger partial charge in [0, 0.05) is 24.2 Å². The van der Waals surface area contributed by atoms with E-state index >= 15 is 0 Å². The molecule has 1 unspecified atom stereocenters. The fourth-order valence-electron chi connectivity index (χ4n) is 2.45. The summed E-state index contributed by atoms with van der Waals surface area (Å²) in [6, 6.07) is 6.75. The molecule has 0 radical (unpaired) electrons. The Morgan fingerprint density at radius 2 is 1.79 bits per heavy atom. The molecule has 8 heteroatoms. The van der Waals surface area contributed by atoms with Crippen molar-refractivity contribution in [2.75, 3.05) is 12.3 Å². The molecular formula is C21H28N2O5S. The van der Waals surface area contributed by atoms with Crippen LogP contribution in [0.3, 0.4) is 0 Å². The van der Waals surface area contributed by atoms with Crippen molar-refractivity contribution in [2.24, 2.45) is 0 Å². The number of hydrogen-bond donors (Lipinski definition) is 3. The van der Waals surface area contributed by atoms with E-state index in [1.807, 2.05) is 51.2 Å². The first-order valence-corrected chi connectivity index (χ1v) is 10.9. The third kappa shape index (κ3) is 9.87. The molecule has 158 valence electrons. The Kier molecular flexibility index (Phi) is 10.1. The van der Waals surface area contributed by atoms with E-state index < -0.39 is 21.8 Å². The molecule has 1 atom stereocenters. The van der Waals surface area contributed by atoms with Crippen molar-refractivity contribution in [3.63, 3.8) is 0 Å². The van der Waals surface area contributed by atoms with Crippen LogP contribution >= 0.6 is 0 Å². The molecule has 0 bridgehead atoms. The van der Waals surface area contributed by atoms with E-state index in [1.54, 1.807) is 24.3 Å². The Morgan fingerprint density at radius 3 is 2.34 bits per heavy atom. The van der Waals surface area contributed by atoms with Crippen LogP contribution < -0.4 is 10.6 Å². The number of nitrogens with one attached hydrogen (secondary N) is 2. The van der Waals surface area contributed by atoms with Gasteiger partial charge in [-0.25, -0.2) is 0 Å². The highest BCUT2D eigenvalue weighted by Crippen LogP contribution is 2.19. The largest absolute Gasteiger partial charge is 0.351 e. The second-order valence-corrected chi connectivity index (χ2v) is 8.02. The third-order valence-corrected chi connectivity index (χ3v) is 4.77. The predicted octanol–water partition coefficient (Wildman–Crippen LogP) is 2.95. The van der Waals surface area contributed by atoms with Crippen LogP contribution in [0, 0.1) is 0 Å². The van der Waals surface area contributed by atoms with Crippen LogP contribution in [-0.4, -0.2) is 37.1 Å². The van der Waals surface area contributed by atoms with Crippen LogP contribution in [0.2, 0.25) is 0 Å². The lowest BCUT2D eigenvalue weighted by Gasteiger charge is -2.13. The molecule has 7 nitrogen and oxygen atoms in total. The zero-order valence-corrected chi connectivity index (χ0v) is 17.7. The van der Waals surface area contributed by atoms with Gasteiger partial charge in [0.15, 0.2) is 0 Å². The van der Waals surface area contributed by atoms with Gasteiger partial charge in [-0.2, -0.15) is 8.42 Å². The van der Waals surface area contributed by atoms with Crippen LogP contribution in [-0.2, 0) is 14.9 Å². The maximum Gasteiger partial charge on any atom is 0.266 e. The molecule has 0 spiro atoms. The molecule has 2 amide bonds. The average Bonchev–Trinajstić information content (AvgIpc) is 2.66. The Morgan fingerprint density at radius 1 is 1.14 bits per heavy atom. The lowest BCUT2D eigenvalue weighted by atomic mass is 9.96. The Labute approximate surface area is 172 Å². The normalized spacial score (nSPS) is 13.6. The van der Waals surface area contributed by atoms with Gasteiger partial charge in [0.2, 0.25) is 5.91 Å². The zero-order chi connectivity index (χ0) is 21.9. The molecular weight excluding hydrogens is 392 g/mol. The number of amides is 2. The van der Waals surface area contributed by atoms with E-state index in [0.29, 0.717) is 5.56 Å². The first-order valence-electron chi connectivity index (χ1n) is 9.25. The Bertz CT molecular complexity index is 884. The quantitative estimate of drug-likeness (QED) is 0.398. The van der Waals surface area contributed by atoms with Crippen LogP contribution in [0.5, 0.6) is 0 Å². The van der Waals surface area contributed by atoms with Crippen molar-refractivity contribution < 1.29 is 22.6 Å². The van der Waals surface area contributed by atoms with E-state index in [0.717, 1.165) is 11.3 Å². The van der Waals surface area contributed by atoms with E-state index in [1.165, 1.54) is 0 Å². The zero-order valence-electron chi connectivity index (χ0n) is 16.9. The molecule has 0 heterocycles. The summed E-state index contributed by atoms with van der Waals surface area (Å²) in [4.78, 5) is 24.2. The topological polar surface area (TPSA) is 113 Å². The molecule has 0 aliphatic rings. The van der Waals surface area contributed by atoms with Crippen LogP contribution in [0.4, 0.5) is 0 Å². The summed E-state index contributed by atoms with van der Waals surface area (Å²) in [7, 11) is -4.11. The number of rotatable bonds is 10. The summed E-state index contributed by atoms with van der Waals surface area (Å²) in [6.07, 6.45) is 9.54. The van der Waals surface area contributed by atoms with Crippen LogP contribution in [0.25, 0.3) is 0 Å². The van der Waals surface area contributed by atoms with Crippen molar-refractivity contribution in [3.05, 3.63) is 71.5 Å². The van der Waals surface area contributed by atoms with Crippen molar-refractivity contribution >= 4 is 21.9 Å². The van der Waals surface area contributed by atoms with Gasteiger partial charge in [-0.05, 0) is 43.5 Å². The second kappa shape index (κ2) is 12.0. The maximum absolute atomic E-state index is 12.3. The average molecular weight is 421 g/mol. The molecule has 1 rings (SSSR count). The first-order chi connectivity index (χ1) is 13.7. The lowest BCUT2D eigenvalue weighted by molar-refractivity contribution is -0.120. The van der Waals surface area contributed by atoms with Crippen molar-refractivity contribution in [2.45, 2.75) is 33.1 Å². The number of carbonyl (C=O) groups excluding carboxylic acids is 2. The summed E-state index contributed by atoms with van der Waals surface area (Å²) >= 11 is 0. The Balaban J connectivity index is 2.61. The minimum atomic E-state index is -4.11. The first kappa shape index (κ1) is 24.3. The SMILES string of the molecule is C\C=C/C=C\C(=C/C)NC(=O)CC(C)c1ccc(C(=O)NCCS(=O)(=O)O)cc1. The Hall–Kier alpha value is -2.71. The van der Waals surface area contributed by atoms with Gasteiger partial charge in [-0.3, -0.25) is 14.1 Å². The van der Waals surface area contributed by atoms with Crippen LogP contribution in [0.15, 0.2) is 60.3 Å². The fourth-order valence-corrected chi connectivity index (χ4v) is 2.81. The summed E-state index contributed by atoms with van der Waals surface area (Å²) in [5, 5.41) is 5.28. The van der Waals surface area contributed by atoms with Gasteiger partial charge >= 0.3 is 0 Å². The molecule has 1 aromatic rings. The summed E-state index contributed by atoms with van der Waals surface area (Å²) in [5.41, 5.74) is 1.99. The minimum absolute atomic E-state index is 0.0516. The van der Waals surface area contributed by atoms with Crippen molar-refractivity contribution in [3.8, 4) is 0 Å². The molecule has 0 aliphatic carbocycles. The summed E-state index contributed by atoms with van der Waals surface area (Å²) in [5.74, 6) is -1.13. The van der Waals surface area contributed by atoms with Crippen molar-refractivity contribution in [1.29, 1.82) is 0 Å². The van der Waals surface area contributed by atoms with E-state index in [9.17, 15) is 18.0 Å². The molecule has 3 N–H and O–H groups in total. The van der Waals surface area contributed by atoms with E-state index in [4.69, 9.17) is 4.55 Å². The van der Waals surface area contributed by atoms with Gasteiger partial charge in [-0.1, -0.05) is 43.4 Å². The fraction of sp³-hybridized carbons (Fsp3) is 0.333. The van der Waals surface area contributed by atoms with E-state index in [-0.39, 0.29) is 24.8 Å². The predicted molar refractivity (Wildman–Crippen MR) is 114 cm³/mol. The number of carbonyl (C=O) groups is 2. The molecule has 29 heavy (non-hydrogen) atoms. The monoisotopic (exact) mass is 420 g/mol. The molecule has 0 saturated heterocycles. The highest BCUT2D eigenvalue weighted by atomic mass is 32.2. The molecule has 1 aromatic carbocycles. The highest BCUT2D eigenvalue weighted by Gasteiger charge is 2.13. The lowest BCUT2D eigenvalue weighted by Crippen LogP contribution is -2.28. The maximum atomic E-state index is 12.3. The van der Waals surface area contributed by atoms with Crippen molar-refractivity contribution in [1.82, 2.24) is 10.6 Å². The van der Waals surface area contributed by atoms with Gasteiger partial charge < -0.3 is 10.6 Å². The third-order valence-electron chi connectivity index (χ3n) is 4.05. The second-order valence-electron chi connectivity index (χ2n) is 6.45. The molecule has 0 aromatic heterocycles. The van der Waals surface area contributed by atoms with Gasteiger partial charge in [0.1, 0.15) is 0 Å². The van der Waals surface area contributed by atoms with Gasteiger partial charge in [0.25, 0.3) is 16.0 Å². The van der Waals surface area contributed by atoms with E-state index in [2.05, 4.69) is 10.6 Å². The highest BCUT2D eigenvalue weighted by molar-refractivity contribution is 7.85. The van der Waals surface area contributed by atoms with Gasteiger partial charge in [0.05, 0.1) is 5.75 Å². The summed E-state index contributed by atoms with van der Waals surface area (Å²) in [6.45, 7) is 5.50. The smallest absolute Gasteiger partial charge is 0.266 e. The summed E-state index contributed by atoms with van der Waals surface area (Å²) < 4.78 is 30.0. The molecule has 0 aliphatic heterocycles. The number of benzene rings is 1. The number of hydrogen-bond acceptors (Lipinski definition) is 4. The molecule has 0 saturated carbocycles. The minimum Gasteiger partial charge on any atom is -0.351 e. The number of allylic oxidation sites excluding steroid dienone is 5. The van der Waals surface area contributed by atoms with Crippen LogP contribution in [0.1, 0.15) is 49.0 Å². The standard InChI is InChI=1S/C21H28N2O5S/c1-4-6-7-8-19(5-2)23-20(24)15-16(3)17-9-11-18(12-10-17)21(25)22-13-14-29(26,27)28/h4-12,16H,13-15H2,1-3H3,(H,22,25)(H,23,24)(H,26,27,28)/b6-4-,8-7-,19-5+. The van der Waals surface area contributed by atoms with Gasteiger partial charge in [-0.15, -0.1) is 0 Å². The molecule has 0 fully saturated rings.